The lowest BCUT2D eigenvalue weighted by Crippen LogP contribution is -2.50. The second kappa shape index (κ2) is 9.89. The topological polar surface area (TPSA) is 162 Å². The van der Waals surface area contributed by atoms with Crippen LogP contribution >= 0.6 is 11.3 Å². The smallest absolute Gasteiger partial charge is 0.414 e. The van der Waals surface area contributed by atoms with E-state index < -0.39 is 16.1 Å². The summed E-state index contributed by atoms with van der Waals surface area (Å²) in [4.78, 5) is 31.4. The minimum Gasteiger partial charge on any atom is -0.443 e. The monoisotopic (exact) mass is 521 g/mol. The second-order valence-corrected chi connectivity index (χ2v) is 11.5. The van der Waals surface area contributed by atoms with Gasteiger partial charge in [-0.25, -0.2) is 18.2 Å². The molecule has 1 unspecified atom stereocenters. The number of hydrogen-bond acceptors (Lipinski definition) is 9. The Bertz CT molecular complexity index is 1240. The molecule has 0 bridgehead atoms. The van der Waals surface area contributed by atoms with Gasteiger partial charge in [0.15, 0.2) is 9.34 Å². The maximum Gasteiger partial charge on any atom is 0.414 e. The fourth-order valence-electron chi connectivity index (χ4n) is 4.03. The zero-order valence-electron chi connectivity index (χ0n) is 19.4. The third-order valence-corrected chi connectivity index (χ3v) is 9.33. The number of cyclic esters (lactones) is 1. The predicted molar refractivity (Wildman–Crippen MR) is 131 cm³/mol. The summed E-state index contributed by atoms with van der Waals surface area (Å²) in [6.07, 6.45) is -0.787. The summed E-state index contributed by atoms with van der Waals surface area (Å²) in [6.45, 7) is 5.41. The molecule has 4 N–H and O–H groups in total. The molecule has 3 heterocycles. The molecule has 0 saturated carbocycles. The average Bonchev–Trinajstić information content (AvgIpc) is 3.35. The molecule has 0 spiro atoms. The van der Waals surface area contributed by atoms with Gasteiger partial charge in [-0.1, -0.05) is 11.3 Å². The van der Waals surface area contributed by atoms with Gasteiger partial charge in [-0.05, 0) is 31.2 Å². The Morgan fingerprint density at radius 2 is 1.91 bits per heavy atom. The number of benzene rings is 1. The molecule has 0 radical (unpaired) electrons. The van der Waals surface area contributed by atoms with E-state index in [9.17, 15) is 18.0 Å². The zero-order chi connectivity index (χ0) is 25.3. The third kappa shape index (κ3) is 5.45. The van der Waals surface area contributed by atoms with Crippen molar-refractivity contribution >= 4 is 50.0 Å². The highest BCUT2D eigenvalue weighted by Gasteiger charge is 2.36. The van der Waals surface area contributed by atoms with Crippen LogP contribution in [0, 0.1) is 12.3 Å². The van der Waals surface area contributed by atoms with E-state index in [1.54, 1.807) is 31.2 Å². The van der Waals surface area contributed by atoms with Crippen LogP contribution in [-0.2, 0) is 19.6 Å². The van der Waals surface area contributed by atoms with E-state index >= 15 is 0 Å². The maximum absolute atomic E-state index is 13.1. The highest BCUT2D eigenvalue weighted by molar-refractivity contribution is 7.91. The molecular formula is C21H27N7O5S2. The molecule has 2 aromatic rings. The standard InChI is InChI=1S/C21H27N7O5S2/c1-13-19(34-20(24-13)25-14(2)29)35(31,32)27-9-7-26(8-10-27)11-17-12-28(21(30)33-17)16-5-3-15(4-6-16)18(22)23/h3-6,17H,7-12H2,1-2H3,(H3,22,23)(H,24,25,29). The lowest BCUT2D eigenvalue weighted by Gasteiger charge is -2.34. The molecule has 2 amide bonds. The number of rotatable bonds is 7. The number of thiazole rings is 1. The molecule has 2 saturated heterocycles. The van der Waals surface area contributed by atoms with Crippen molar-refractivity contribution in [2.45, 2.75) is 24.2 Å². The molecule has 0 aliphatic carbocycles. The Hall–Kier alpha value is -3.07. The van der Waals surface area contributed by atoms with Gasteiger partial charge >= 0.3 is 6.09 Å². The molecule has 2 aliphatic rings. The van der Waals surface area contributed by atoms with E-state index in [-0.39, 0.29) is 27.2 Å². The van der Waals surface area contributed by atoms with Crippen molar-refractivity contribution < 1.29 is 22.7 Å². The Kier molecular flexibility index (Phi) is 7.07. The van der Waals surface area contributed by atoms with E-state index in [1.807, 2.05) is 0 Å². The number of aryl methyl sites for hydroxylation is 1. The van der Waals surface area contributed by atoms with Crippen molar-refractivity contribution in [1.29, 1.82) is 5.41 Å². The number of amides is 2. The maximum atomic E-state index is 13.1. The van der Waals surface area contributed by atoms with Crippen LogP contribution in [0.3, 0.4) is 0 Å². The van der Waals surface area contributed by atoms with Gasteiger partial charge in [0.1, 0.15) is 11.9 Å². The van der Waals surface area contributed by atoms with Crippen LogP contribution in [0.15, 0.2) is 28.5 Å². The highest BCUT2D eigenvalue weighted by Crippen LogP contribution is 2.30. The number of nitrogen functional groups attached to an aromatic ring is 1. The van der Waals surface area contributed by atoms with E-state index in [1.165, 1.54) is 16.1 Å². The molecule has 1 atom stereocenters. The highest BCUT2D eigenvalue weighted by atomic mass is 32.2. The minimum atomic E-state index is -3.73. The van der Waals surface area contributed by atoms with Gasteiger partial charge in [-0.3, -0.25) is 20.0 Å². The van der Waals surface area contributed by atoms with Gasteiger partial charge in [-0.2, -0.15) is 4.31 Å². The van der Waals surface area contributed by atoms with Gasteiger partial charge in [0.25, 0.3) is 10.0 Å². The Labute approximate surface area is 207 Å². The summed E-state index contributed by atoms with van der Waals surface area (Å²) in [6, 6.07) is 6.81. The largest absolute Gasteiger partial charge is 0.443 e. The molecule has 188 valence electrons. The lowest BCUT2D eigenvalue weighted by atomic mass is 10.2. The summed E-state index contributed by atoms with van der Waals surface area (Å²) in [5, 5.41) is 10.3. The molecule has 2 aliphatic heterocycles. The molecule has 35 heavy (non-hydrogen) atoms. The number of nitrogens with one attached hydrogen (secondary N) is 2. The summed E-state index contributed by atoms with van der Waals surface area (Å²) in [7, 11) is -3.73. The van der Waals surface area contributed by atoms with Crippen LogP contribution in [0.2, 0.25) is 0 Å². The van der Waals surface area contributed by atoms with Crippen molar-refractivity contribution in [3.05, 3.63) is 35.5 Å². The van der Waals surface area contributed by atoms with Crippen molar-refractivity contribution in [1.82, 2.24) is 14.2 Å². The lowest BCUT2D eigenvalue weighted by molar-refractivity contribution is -0.114. The second-order valence-electron chi connectivity index (χ2n) is 8.35. The van der Waals surface area contributed by atoms with Gasteiger partial charge in [0, 0.05) is 50.9 Å². The van der Waals surface area contributed by atoms with Gasteiger partial charge in [0.05, 0.1) is 12.2 Å². The summed E-state index contributed by atoms with van der Waals surface area (Å²) >= 11 is 0.948. The van der Waals surface area contributed by atoms with Crippen molar-refractivity contribution in [3.8, 4) is 0 Å². The summed E-state index contributed by atoms with van der Waals surface area (Å²) in [5.74, 6) is -0.353. The normalized spacial score (nSPS) is 19.5. The number of hydrogen-bond donors (Lipinski definition) is 3. The first kappa shape index (κ1) is 25.0. The Morgan fingerprint density at radius 1 is 1.26 bits per heavy atom. The van der Waals surface area contributed by atoms with E-state index in [2.05, 4.69) is 15.2 Å². The Morgan fingerprint density at radius 3 is 2.51 bits per heavy atom. The number of ether oxygens (including phenoxy) is 1. The van der Waals surface area contributed by atoms with Crippen LogP contribution < -0.4 is 16.0 Å². The first-order chi connectivity index (χ1) is 16.5. The molecule has 4 rings (SSSR count). The summed E-state index contributed by atoms with van der Waals surface area (Å²) < 4.78 is 33.4. The molecular weight excluding hydrogens is 494 g/mol. The molecule has 14 heteroatoms. The average molecular weight is 522 g/mol. The predicted octanol–water partition coefficient (Wildman–Crippen LogP) is 1.03. The number of aromatic nitrogens is 1. The summed E-state index contributed by atoms with van der Waals surface area (Å²) in [5.41, 5.74) is 7.08. The van der Waals surface area contributed by atoms with Crippen LogP contribution in [0.1, 0.15) is 18.2 Å². The fraction of sp³-hybridized carbons (Fsp3) is 0.429. The zero-order valence-corrected chi connectivity index (χ0v) is 21.0. The molecule has 1 aromatic heterocycles. The number of nitrogens with zero attached hydrogens (tertiary/aromatic N) is 4. The van der Waals surface area contributed by atoms with Crippen LogP contribution in [-0.4, -0.2) is 85.8 Å². The third-order valence-electron chi connectivity index (χ3n) is 5.77. The number of carbonyl (C=O) groups excluding carboxylic acids is 2. The number of nitrogens with two attached hydrogens (primary N) is 1. The first-order valence-corrected chi connectivity index (χ1v) is 13.2. The first-order valence-electron chi connectivity index (χ1n) is 10.9. The Balaban J connectivity index is 1.33. The van der Waals surface area contributed by atoms with Crippen LogP contribution in [0.4, 0.5) is 15.6 Å². The van der Waals surface area contributed by atoms with Gasteiger partial charge < -0.3 is 15.8 Å². The van der Waals surface area contributed by atoms with Crippen LogP contribution in [0.25, 0.3) is 0 Å². The van der Waals surface area contributed by atoms with Gasteiger partial charge in [0.2, 0.25) is 5.91 Å². The fourth-order valence-corrected chi connectivity index (χ4v) is 7.05. The van der Waals surface area contributed by atoms with Crippen molar-refractivity contribution in [2.75, 3.05) is 49.5 Å². The number of amidine groups is 1. The van der Waals surface area contributed by atoms with Crippen molar-refractivity contribution in [2.24, 2.45) is 5.73 Å². The quantitative estimate of drug-likeness (QED) is 0.359. The minimum absolute atomic E-state index is 0.0433. The van der Waals surface area contributed by atoms with Crippen LogP contribution in [0.5, 0.6) is 0 Å². The van der Waals surface area contributed by atoms with E-state index in [0.717, 1.165) is 11.3 Å². The number of piperazine rings is 1. The molecule has 12 nitrogen and oxygen atoms in total. The molecule has 2 fully saturated rings. The van der Waals surface area contributed by atoms with E-state index in [0.29, 0.717) is 56.2 Å². The molecule has 1 aromatic carbocycles. The number of carbonyl (C=O) groups is 2. The van der Waals surface area contributed by atoms with Crippen molar-refractivity contribution in [3.63, 3.8) is 0 Å². The van der Waals surface area contributed by atoms with Gasteiger partial charge in [-0.15, -0.1) is 0 Å². The number of sulfonamides is 1. The number of anilines is 2. The van der Waals surface area contributed by atoms with E-state index in [4.69, 9.17) is 15.9 Å². The SMILES string of the molecule is CC(=O)Nc1nc(C)c(S(=O)(=O)N2CCN(CC3CN(c4ccc(C(=N)N)cc4)C(=O)O3)CC2)s1.